The van der Waals surface area contributed by atoms with Gasteiger partial charge >= 0.3 is 0 Å². The van der Waals surface area contributed by atoms with Crippen molar-refractivity contribution in [1.29, 1.82) is 0 Å². The van der Waals surface area contributed by atoms with E-state index < -0.39 is 10.0 Å². The Hall–Kier alpha value is -1.65. The largest absolute Gasteiger partial charge is 0.217 e. The van der Waals surface area contributed by atoms with E-state index in [-0.39, 0.29) is 11.3 Å². The standard InChI is InChI=1S/C19H21NO2S/c21-23(22,17-10-11-17)20-13-12-16-8-4-5-9-18(16)19(20)14-15-6-2-1-3-7-15/h1-9,17,19H,10-14H2. The number of hydrogen-bond acceptors (Lipinski definition) is 2. The van der Waals surface area contributed by atoms with Crippen molar-refractivity contribution in [3.63, 3.8) is 0 Å². The number of nitrogens with zero attached hydrogens (tertiary/aromatic N) is 1. The first-order chi connectivity index (χ1) is 11.2. The first kappa shape index (κ1) is 14.9. The molecule has 1 unspecified atom stereocenters. The minimum Gasteiger partial charge on any atom is -0.212 e. The lowest BCUT2D eigenvalue weighted by atomic mass is 9.90. The third-order valence-electron chi connectivity index (χ3n) is 4.91. The predicted octanol–water partition coefficient (Wildman–Crippen LogP) is 3.32. The van der Waals surface area contributed by atoms with Gasteiger partial charge in [0.1, 0.15) is 0 Å². The van der Waals surface area contributed by atoms with Crippen molar-refractivity contribution in [3.8, 4) is 0 Å². The van der Waals surface area contributed by atoms with Crippen LogP contribution >= 0.6 is 0 Å². The summed E-state index contributed by atoms with van der Waals surface area (Å²) < 4.78 is 27.5. The van der Waals surface area contributed by atoms with Crippen molar-refractivity contribution < 1.29 is 8.42 Å². The topological polar surface area (TPSA) is 37.4 Å². The van der Waals surface area contributed by atoms with Crippen LogP contribution in [0.5, 0.6) is 0 Å². The molecule has 1 atom stereocenters. The molecule has 0 spiro atoms. The highest BCUT2D eigenvalue weighted by atomic mass is 32.2. The number of rotatable bonds is 4. The molecule has 4 heteroatoms. The molecule has 1 saturated carbocycles. The zero-order chi connectivity index (χ0) is 15.9. The second kappa shape index (κ2) is 5.77. The van der Waals surface area contributed by atoms with E-state index >= 15 is 0 Å². The maximum absolute atomic E-state index is 12.9. The van der Waals surface area contributed by atoms with Crippen LogP contribution in [-0.2, 0) is 22.9 Å². The number of sulfonamides is 1. The van der Waals surface area contributed by atoms with Gasteiger partial charge < -0.3 is 0 Å². The summed E-state index contributed by atoms with van der Waals surface area (Å²) in [6, 6.07) is 18.4. The van der Waals surface area contributed by atoms with Crippen LogP contribution in [0.1, 0.15) is 35.6 Å². The van der Waals surface area contributed by atoms with Crippen LogP contribution in [0.3, 0.4) is 0 Å². The molecule has 0 radical (unpaired) electrons. The summed E-state index contributed by atoms with van der Waals surface area (Å²) in [6.45, 7) is 0.605. The molecule has 0 aromatic heterocycles. The van der Waals surface area contributed by atoms with Crippen molar-refractivity contribution in [1.82, 2.24) is 4.31 Å². The molecule has 0 saturated heterocycles. The van der Waals surface area contributed by atoms with E-state index in [1.54, 1.807) is 4.31 Å². The molecule has 3 nitrogen and oxygen atoms in total. The number of benzene rings is 2. The SMILES string of the molecule is O=S(=O)(C1CC1)N1CCc2ccccc2C1Cc1ccccc1. The highest BCUT2D eigenvalue weighted by Gasteiger charge is 2.44. The number of hydrogen-bond donors (Lipinski definition) is 0. The van der Waals surface area contributed by atoms with Crippen LogP contribution in [0.25, 0.3) is 0 Å². The molecule has 120 valence electrons. The zero-order valence-electron chi connectivity index (χ0n) is 13.1. The highest BCUT2D eigenvalue weighted by molar-refractivity contribution is 7.90. The Balaban J connectivity index is 1.74. The van der Waals surface area contributed by atoms with Crippen LogP contribution in [0.4, 0.5) is 0 Å². The van der Waals surface area contributed by atoms with E-state index in [1.165, 1.54) is 16.7 Å². The lowest BCUT2D eigenvalue weighted by Crippen LogP contribution is -2.42. The average molecular weight is 327 g/mol. The summed E-state index contributed by atoms with van der Waals surface area (Å²) in [7, 11) is -3.17. The van der Waals surface area contributed by atoms with Gasteiger partial charge in [-0.3, -0.25) is 0 Å². The molecule has 0 bridgehead atoms. The Morgan fingerprint density at radius 1 is 0.957 bits per heavy atom. The Bertz CT molecular complexity index is 797. The molecule has 2 aromatic rings. The Labute approximate surface area is 138 Å². The van der Waals surface area contributed by atoms with Gasteiger partial charge in [0.2, 0.25) is 10.0 Å². The first-order valence-corrected chi connectivity index (χ1v) is 9.79. The van der Waals surface area contributed by atoms with E-state index in [2.05, 4.69) is 24.3 Å². The van der Waals surface area contributed by atoms with Crippen molar-refractivity contribution in [2.45, 2.75) is 37.0 Å². The van der Waals surface area contributed by atoms with Crippen molar-refractivity contribution in [2.75, 3.05) is 6.54 Å². The molecule has 1 aliphatic heterocycles. The van der Waals surface area contributed by atoms with Gasteiger partial charge in [-0.05, 0) is 42.4 Å². The van der Waals surface area contributed by atoms with Gasteiger partial charge in [0.05, 0.1) is 11.3 Å². The smallest absolute Gasteiger partial charge is 0.212 e. The summed E-state index contributed by atoms with van der Waals surface area (Å²) in [6.07, 6.45) is 3.19. The Morgan fingerprint density at radius 2 is 1.65 bits per heavy atom. The summed E-state index contributed by atoms with van der Waals surface area (Å²) in [4.78, 5) is 0. The van der Waals surface area contributed by atoms with E-state index in [0.29, 0.717) is 6.54 Å². The van der Waals surface area contributed by atoms with Crippen LogP contribution in [0.2, 0.25) is 0 Å². The molecule has 1 aliphatic carbocycles. The predicted molar refractivity (Wildman–Crippen MR) is 91.7 cm³/mol. The lowest BCUT2D eigenvalue weighted by Gasteiger charge is -2.36. The second-order valence-corrected chi connectivity index (χ2v) is 8.67. The van der Waals surface area contributed by atoms with E-state index in [4.69, 9.17) is 0 Å². The summed E-state index contributed by atoms with van der Waals surface area (Å²) >= 11 is 0. The molecule has 2 aromatic carbocycles. The maximum atomic E-state index is 12.9. The maximum Gasteiger partial charge on any atom is 0.217 e. The molecular formula is C19H21NO2S. The van der Waals surface area contributed by atoms with E-state index in [1.807, 2.05) is 30.3 Å². The summed E-state index contributed by atoms with van der Waals surface area (Å²) in [5.41, 5.74) is 3.65. The molecule has 0 amide bonds. The van der Waals surface area contributed by atoms with Gasteiger partial charge in [0.15, 0.2) is 0 Å². The molecular weight excluding hydrogens is 306 g/mol. The monoisotopic (exact) mass is 327 g/mol. The molecule has 1 heterocycles. The summed E-state index contributed by atoms with van der Waals surface area (Å²) in [5, 5.41) is -0.147. The first-order valence-electron chi connectivity index (χ1n) is 8.28. The van der Waals surface area contributed by atoms with Gasteiger partial charge in [-0.2, -0.15) is 4.31 Å². The fourth-order valence-electron chi connectivity index (χ4n) is 3.54. The Kier molecular flexibility index (Phi) is 3.74. The fraction of sp³-hybridized carbons (Fsp3) is 0.368. The van der Waals surface area contributed by atoms with Crippen molar-refractivity contribution >= 4 is 10.0 Å². The highest BCUT2D eigenvalue weighted by Crippen LogP contribution is 2.40. The average Bonchev–Trinajstić information content (AvgIpc) is 3.41. The molecule has 0 N–H and O–H groups in total. The minimum atomic E-state index is -3.17. The van der Waals surface area contributed by atoms with Crippen molar-refractivity contribution in [3.05, 3.63) is 71.3 Å². The van der Waals surface area contributed by atoms with Crippen LogP contribution in [-0.4, -0.2) is 24.5 Å². The van der Waals surface area contributed by atoms with Crippen molar-refractivity contribution in [2.24, 2.45) is 0 Å². The van der Waals surface area contributed by atoms with Crippen LogP contribution in [0.15, 0.2) is 54.6 Å². The van der Waals surface area contributed by atoms with Gasteiger partial charge in [-0.15, -0.1) is 0 Å². The lowest BCUT2D eigenvalue weighted by molar-refractivity contribution is 0.305. The quantitative estimate of drug-likeness (QED) is 0.864. The zero-order valence-corrected chi connectivity index (χ0v) is 13.9. The third kappa shape index (κ3) is 2.81. The molecule has 1 fully saturated rings. The second-order valence-electron chi connectivity index (χ2n) is 6.51. The van der Waals surface area contributed by atoms with E-state index in [9.17, 15) is 8.42 Å². The fourth-order valence-corrected chi connectivity index (χ4v) is 5.54. The van der Waals surface area contributed by atoms with Gasteiger partial charge in [0, 0.05) is 6.54 Å². The molecule has 2 aliphatic rings. The molecule has 4 rings (SSSR count). The van der Waals surface area contributed by atoms with Gasteiger partial charge in [0.25, 0.3) is 0 Å². The van der Waals surface area contributed by atoms with Gasteiger partial charge in [-0.25, -0.2) is 8.42 Å². The number of fused-ring (bicyclic) bond motifs is 1. The van der Waals surface area contributed by atoms with Crippen LogP contribution in [0, 0.1) is 0 Å². The Morgan fingerprint density at radius 3 is 2.39 bits per heavy atom. The molecule has 23 heavy (non-hydrogen) atoms. The van der Waals surface area contributed by atoms with E-state index in [0.717, 1.165) is 25.7 Å². The third-order valence-corrected chi connectivity index (χ3v) is 7.31. The minimum absolute atomic E-state index is 0.0760. The normalized spacial score (nSPS) is 21.8. The summed E-state index contributed by atoms with van der Waals surface area (Å²) in [5.74, 6) is 0. The van der Waals surface area contributed by atoms with Crippen LogP contribution < -0.4 is 0 Å². The van der Waals surface area contributed by atoms with Gasteiger partial charge in [-0.1, -0.05) is 54.6 Å².